The molecule has 6 nitrogen and oxygen atoms in total. The van der Waals surface area contributed by atoms with Crippen molar-refractivity contribution < 1.29 is 26.3 Å². The number of ether oxygens (including phenoxy) is 1. The lowest BCUT2D eigenvalue weighted by atomic mass is 10.2. The molecule has 1 aliphatic heterocycles. The molecular formula is C18H16F3N3O3S2. The Labute approximate surface area is 169 Å². The van der Waals surface area contributed by atoms with Crippen LogP contribution in [0.15, 0.2) is 47.4 Å². The minimum absolute atomic E-state index is 0.246. The molecule has 1 fully saturated rings. The molecule has 0 saturated carbocycles. The standard InChI is InChI=1S/C18H16F3N3O3S2/c19-18(20,21)12-1-4-14(5-2-12)29(25,26)23-13-3-6-15-16(11-13)28-17(22-15)24-7-9-27-10-8-24/h1-6,11,23H,7-10H2. The maximum absolute atomic E-state index is 12.7. The molecule has 0 unspecified atom stereocenters. The zero-order chi connectivity index (χ0) is 20.6. The van der Waals surface area contributed by atoms with Gasteiger partial charge < -0.3 is 9.64 Å². The Balaban J connectivity index is 1.56. The maximum Gasteiger partial charge on any atom is 0.416 e. The second-order valence-electron chi connectivity index (χ2n) is 6.41. The number of rotatable bonds is 4. The van der Waals surface area contributed by atoms with E-state index < -0.39 is 21.8 Å². The minimum atomic E-state index is -4.52. The van der Waals surface area contributed by atoms with Gasteiger partial charge in [0.1, 0.15) is 0 Å². The van der Waals surface area contributed by atoms with E-state index in [1.165, 1.54) is 11.3 Å². The molecule has 2 heterocycles. The lowest BCUT2D eigenvalue weighted by molar-refractivity contribution is -0.137. The molecule has 3 aromatic rings. The predicted molar refractivity (Wildman–Crippen MR) is 105 cm³/mol. The van der Waals surface area contributed by atoms with Crippen LogP contribution in [0.1, 0.15) is 5.56 Å². The number of halogens is 3. The Kier molecular flexibility index (Phi) is 5.13. The van der Waals surface area contributed by atoms with Gasteiger partial charge in [-0.15, -0.1) is 0 Å². The van der Waals surface area contributed by atoms with Gasteiger partial charge in [-0.1, -0.05) is 11.3 Å². The van der Waals surface area contributed by atoms with E-state index >= 15 is 0 Å². The fourth-order valence-electron chi connectivity index (χ4n) is 2.90. The van der Waals surface area contributed by atoms with Crippen LogP contribution in [0.4, 0.5) is 24.0 Å². The second kappa shape index (κ2) is 7.47. The average Bonchev–Trinajstić information content (AvgIpc) is 3.11. The first-order valence-electron chi connectivity index (χ1n) is 8.66. The maximum atomic E-state index is 12.7. The summed E-state index contributed by atoms with van der Waals surface area (Å²) in [5.74, 6) is 0. The zero-order valence-electron chi connectivity index (χ0n) is 14.9. The Hall–Kier alpha value is -2.37. The van der Waals surface area contributed by atoms with Gasteiger partial charge in [-0.05, 0) is 42.5 Å². The average molecular weight is 443 g/mol. The van der Waals surface area contributed by atoms with Crippen molar-refractivity contribution in [1.82, 2.24) is 4.98 Å². The highest BCUT2D eigenvalue weighted by molar-refractivity contribution is 7.92. The minimum Gasteiger partial charge on any atom is -0.378 e. The number of aromatic nitrogens is 1. The van der Waals surface area contributed by atoms with E-state index in [-0.39, 0.29) is 4.90 Å². The van der Waals surface area contributed by atoms with Gasteiger partial charge in [0.15, 0.2) is 5.13 Å². The number of anilines is 2. The van der Waals surface area contributed by atoms with E-state index in [0.29, 0.717) is 18.9 Å². The van der Waals surface area contributed by atoms with Crippen molar-refractivity contribution in [2.75, 3.05) is 35.9 Å². The summed E-state index contributed by atoms with van der Waals surface area (Å²) in [6, 6.07) is 8.32. The molecule has 154 valence electrons. The van der Waals surface area contributed by atoms with Crippen LogP contribution in [0, 0.1) is 0 Å². The van der Waals surface area contributed by atoms with Crippen LogP contribution in [0.3, 0.4) is 0 Å². The van der Waals surface area contributed by atoms with Crippen molar-refractivity contribution >= 4 is 42.4 Å². The Bertz CT molecular complexity index is 1120. The molecule has 1 aromatic heterocycles. The van der Waals surface area contributed by atoms with E-state index in [4.69, 9.17) is 4.74 Å². The first-order valence-corrected chi connectivity index (χ1v) is 11.0. The summed E-state index contributed by atoms with van der Waals surface area (Å²) >= 11 is 1.44. The number of fused-ring (bicyclic) bond motifs is 1. The van der Waals surface area contributed by atoms with Crippen LogP contribution in [0.2, 0.25) is 0 Å². The monoisotopic (exact) mass is 443 g/mol. The Morgan fingerprint density at radius 3 is 2.41 bits per heavy atom. The summed E-state index contributed by atoms with van der Waals surface area (Å²) in [6.45, 7) is 2.75. The molecule has 0 atom stereocenters. The molecule has 2 aromatic carbocycles. The number of sulfonamides is 1. The molecule has 4 rings (SSSR count). The molecule has 0 aliphatic carbocycles. The Morgan fingerprint density at radius 1 is 1.07 bits per heavy atom. The summed E-state index contributed by atoms with van der Waals surface area (Å²) in [5.41, 5.74) is 0.154. The van der Waals surface area contributed by atoms with Crippen molar-refractivity contribution in [2.24, 2.45) is 0 Å². The lowest BCUT2D eigenvalue weighted by Gasteiger charge is -2.25. The quantitative estimate of drug-likeness (QED) is 0.661. The molecule has 29 heavy (non-hydrogen) atoms. The normalized spacial score (nSPS) is 15.6. The number of nitrogens with one attached hydrogen (secondary N) is 1. The highest BCUT2D eigenvalue weighted by Crippen LogP contribution is 2.32. The molecule has 1 N–H and O–H groups in total. The first kappa shape index (κ1) is 19.9. The van der Waals surface area contributed by atoms with E-state index in [1.54, 1.807) is 18.2 Å². The van der Waals surface area contributed by atoms with Gasteiger partial charge in [-0.2, -0.15) is 13.2 Å². The van der Waals surface area contributed by atoms with Crippen molar-refractivity contribution in [2.45, 2.75) is 11.1 Å². The summed E-state index contributed by atoms with van der Waals surface area (Å²) in [4.78, 5) is 6.43. The van der Waals surface area contributed by atoms with E-state index in [1.807, 2.05) is 0 Å². The molecular weight excluding hydrogens is 427 g/mol. The van der Waals surface area contributed by atoms with Crippen molar-refractivity contribution in [3.8, 4) is 0 Å². The number of hydrogen-bond acceptors (Lipinski definition) is 6. The van der Waals surface area contributed by atoms with Gasteiger partial charge in [0.05, 0.1) is 39.6 Å². The van der Waals surface area contributed by atoms with Crippen molar-refractivity contribution in [1.29, 1.82) is 0 Å². The fraction of sp³-hybridized carbons (Fsp3) is 0.278. The third-order valence-electron chi connectivity index (χ3n) is 4.40. The highest BCUT2D eigenvalue weighted by Gasteiger charge is 2.30. The number of thiazole rings is 1. The topological polar surface area (TPSA) is 71.5 Å². The van der Waals surface area contributed by atoms with E-state index in [0.717, 1.165) is 52.7 Å². The predicted octanol–water partition coefficient (Wildman–Crippen LogP) is 3.95. The molecule has 0 radical (unpaired) electrons. The van der Waals surface area contributed by atoms with E-state index in [2.05, 4.69) is 14.6 Å². The molecule has 11 heteroatoms. The summed E-state index contributed by atoms with van der Waals surface area (Å²) in [7, 11) is -4.02. The van der Waals surface area contributed by atoms with Crippen LogP contribution in [-0.4, -0.2) is 39.7 Å². The van der Waals surface area contributed by atoms with Gasteiger partial charge in [0.25, 0.3) is 10.0 Å². The van der Waals surface area contributed by atoms with Crippen LogP contribution >= 0.6 is 11.3 Å². The largest absolute Gasteiger partial charge is 0.416 e. The van der Waals surface area contributed by atoms with Crippen molar-refractivity contribution in [3.63, 3.8) is 0 Å². The number of nitrogens with zero attached hydrogens (tertiary/aromatic N) is 2. The number of hydrogen-bond donors (Lipinski definition) is 1. The molecule has 0 spiro atoms. The van der Waals surface area contributed by atoms with Gasteiger partial charge in [0.2, 0.25) is 0 Å². The van der Waals surface area contributed by atoms with E-state index in [9.17, 15) is 21.6 Å². The van der Waals surface area contributed by atoms with Crippen LogP contribution < -0.4 is 9.62 Å². The number of morpholine rings is 1. The third-order valence-corrected chi connectivity index (χ3v) is 6.88. The summed E-state index contributed by atoms with van der Waals surface area (Å²) in [6.07, 6.45) is -4.52. The summed E-state index contributed by atoms with van der Waals surface area (Å²) < 4.78 is 71.6. The Morgan fingerprint density at radius 2 is 1.76 bits per heavy atom. The first-order chi connectivity index (χ1) is 13.7. The highest BCUT2D eigenvalue weighted by atomic mass is 32.2. The number of benzene rings is 2. The fourth-order valence-corrected chi connectivity index (χ4v) is 5.01. The van der Waals surface area contributed by atoms with Crippen molar-refractivity contribution in [3.05, 3.63) is 48.0 Å². The molecule has 0 bridgehead atoms. The SMILES string of the molecule is O=S(=O)(Nc1ccc2nc(N3CCOCC3)sc2c1)c1ccc(C(F)(F)F)cc1. The molecule has 0 amide bonds. The molecule has 1 aliphatic rings. The zero-order valence-corrected chi connectivity index (χ0v) is 16.6. The second-order valence-corrected chi connectivity index (χ2v) is 9.10. The third kappa shape index (κ3) is 4.31. The van der Waals surface area contributed by atoms with Crippen LogP contribution in [0.5, 0.6) is 0 Å². The van der Waals surface area contributed by atoms with Gasteiger partial charge in [0, 0.05) is 13.1 Å². The van der Waals surface area contributed by atoms with Gasteiger partial charge in [-0.25, -0.2) is 13.4 Å². The summed E-state index contributed by atoms with van der Waals surface area (Å²) in [5, 5.41) is 0.839. The van der Waals surface area contributed by atoms with Crippen LogP contribution in [-0.2, 0) is 20.9 Å². The van der Waals surface area contributed by atoms with Gasteiger partial charge in [-0.3, -0.25) is 4.72 Å². The van der Waals surface area contributed by atoms with Crippen LogP contribution in [0.25, 0.3) is 10.2 Å². The molecule has 1 saturated heterocycles. The lowest BCUT2D eigenvalue weighted by Crippen LogP contribution is -2.36. The van der Waals surface area contributed by atoms with Gasteiger partial charge >= 0.3 is 6.18 Å². The smallest absolute Gasteiger partial charge is 0.378 e. The number of alkyl halides is 3.